The van der Waals surface area contributed by atoms with Crippen molar-refractivity contribution in [2.75, 3.05) is 18.2 Å². The van der Waals surface area contributed by atoms with Gasteiger partial charge in [-0.1, -0.05) is 53.7 Å². The van der Waals surface area contributed by atoms with Crippen LogP contribution in [0.5, 0.6) is 5.75 Å². The van der Waals surface area contributed by atoms with Gasteiger partial charge in [0.2, 0.25) is 5.91 Å². The van der Waals surface area contributed by atoms with Gasteiger partial charge in [0.25, 0.3) is 5.56 Å². The first kappa shape index (κ1) is 22.4. The molecule has 0 aliphatic heterocycles. The largest absolute Gasteiger partial charge is 0.495 e. The number of fused-ring (bicyclic) bond motifs is 1. The summed E-state index contributed by atoms with van der Waals surface area (Å²) in [4.78, 5) is 30.3. The van der Waals surface area contributed by atoms with E-state index in [0.29, 0.717) is 38.4 Å². The third-order valence-electron chi connectivity index (χ3n) is 4.81. The number of hydrogen-bond donors (Lipinski definition) is 1. The molecular weight excluding hydrogens is 466 g/mol. The van der Waals surface area contributed by atoms with E-state index in [0.717, 1.165) is 11.1 Å². The lowest BCUT2D eigenvalue weighted by atomic mass is 10.1. The predicted octanol–water partition coefficient (Wildman–Crippen LogP) is 5.54. The zero-order chi connectivity index (χ0) is 22.7. The van der Waals surface area contributed by atoms with Crippen molar-refractivity contribution in [1.82, 2.24) is 9.55 Å². The van der Waals surface area contributed by atoms with E-state index in [9.17, 15) is 9.59 Å². The van der Waals surface area contributed by atoms with Crippen molar-refractivity contribution in [2.45, 2.75) is 18.6 Å². The number of amides is 1. The topological polar surface area (TPSA) is 73.2 Å². The molecule has 6 nitrogen and oxygen atoms in total. The summed E-state index contributed by atoms with van der Waals surface area (Å²) in [6.07, 6.45) is 0. The van der Waals surface area contributed by atoms with Crippen molar-refractivity contribution in [1.29, 1.82) is 0 Å². The van der Waals surface area contributed by atoms with Crippen molar-refractivity contribution >= 4 is 56.5 Å². The molecule has 0 saturated heterocycles. The van der Waals surface area contributed by atoms with Gasteiger partial charge in [0, 0.05) is 23.2 Å². The number of anilines is 1. The summed E-state index contributed by atoms with van der Waals surface area (Å²) in [7, 11) is 1.53. The van der Waals surface area contributed by atoms with Crippen LogP contribution in [-0.4, -0.2) is 28.3 Å². The van der Waals surface area contributed by atoms with Crippen LogP contribution < -0.4 is 15.6 Å². The Kier molecular flexibility index (Phi) is 6.83. The molecule has 32 heavy (non-hydrogen) atoms. The number of nitrogens with zero attached hydrogens (tertiary/aromatic N) is 2. The average Bonchev–Trinajstić information content (AvgIpc) is 3.23. The van der Waals surface area contributed by atoms with Crippen molar-refractivity contribution in [2.24, 2.45) is 0 Å². The summed E-state index contributed by atoms with van der Waals surface area (Å²) in [5.41, 5.74) is 3.08. The third kappa shape index (κ3) is 4.53. The van der Waals surface area contributed by atoms with E-state index in [1.165, 1.54) is 30.2 Å². The van der Waals surface area contributed by atoms with Crippen LogP contribution in [0.3, 0.4) is 0 Å². The summed E-state index contributed by atoms with van der Waals surface area (Å²) in [5.74, 6) is 0.419. The molecule has 0 fully saturated rings. The predicted molar refractivity (Wildman–Crippen MR) is 132 cm³/mol. The molecule has 1 amide bonds. The Labute approximate surface area is 198 Å². The van der Waals surface area contributed by atoms with Crippen LogP contribution >= 0.6 is 34.7 Å². The summed E-state index contributed by atoms with van der Waals surface area (Å²) in [6, 6.07) is 14.9. The van der Waals surface area contributed by atoms with Gasteiger partial charge in [-0.2, -0.15) is 0 Å². The molecule has 9 heteroatoms. The highest BCUT2D eigenvalue weighted by atomic mass is 35.5. The summed E-state index contributed by atoms with van der Waals surface area (Å²) in [5, 5.41) is 5.70. The molecule has 2 aromatic carbocycles. The van der Waals surface area contributed by atoms with Gasteiger partial charge in [-0.3, -0.25) is 14.2 Å². The molecule has 2 heterocycles. The maximum Gasteiger partial charge on any atom is 0.272 e. The third-order valence-corrected chi connectivity index (χ3v) is 7.04. The van der Waals surface area contributed by atoms with Crippen LogP contribution in [-0.2, 0) is 11.3 Å². The van der Waals surface area contributed by atoms with Crippen molar-refractivity contribution in [3.8, 4) is 16.9 Å². The number of rotatable bonds is 7. The molecule has 0 bridgehead atoms. The Morgan fingerprint density at radius 3 is 2.72 bits per heavy atom. The number of hydrogen-bond acceptors (Lipinski definition) is 6. The van der Waals surface area contributed by atoms with E-state index in [1.54, 1.807) is 22.8 Å². The fourth-order valence-electron chi connectivity index (χ4n) is 3.26. The Hall–Kier alpha value is -2.81. The van der Waals surface area contributed by atoms with Crippen LogP contribution in [0, 0.1) is 0 Å². The second-order valence-electron chi connectivity index (χ2n) is 6.82. The molecule has 0 spiro atoms. The molecule has 0 unspecified atom stereocenters. The van der Waals surface area contributed by atoms with Crippen LogP contribution in [0.15, 0.2) is 63.9 Å². The first-order valence-electron chi connectivity index (χ1n) is 9.85. The quantitative estimate of drug-likeness (QED) is 0.275. The number of benzene rings is 2. The van der Waals surface area contributed by atoms with Crippen LogP contribution in [0.1, 0.15) is 6.92 Å². The Morgan fingerprint density at radius 1 is 1.25 bits per heavy atom. The number of carbonyl (C=O) groups excluding carboxylic acids is 1. The minimum atomic E-state index is -0.221. The maximum atomic E-state index is 13.1. The first-order chi connectivity index (χ1) is 15.5. The monoisotopic (exact) mass is 485 g/mol. The highest BCUT2D eigenvalue weighted by Gasteiger charge is 2.17. The standard InChI is InChI=1S/C23H20ClN3O3S2/c1-3-27-22(29)21-20(16(12-31-21)14-7-5-4-6-8-14)26-23(27)32-13-19(28)25-15-9-10-18(30-2)17(24)11-15/h4-12H,3,13H2,1-2H3,(H,25,28). The number of nitrogens with one attached hydrogen (secondary N) is 1. The van der Waals surface area contributed by atoms with Gasteiger partial charge in [0.05, 0.1) is 23.4 Å². The van der Waals surface area contributed by atoms with Gasteiger partial charge in [-0.25, -0.2) is 4.98 Å². The fraction of sp³-hybridized carbons (Fsp3) is 0.174. The van der Waals surface area contributed by atoms with E-state index in [-0.39, 0.29) is 17.2 Å². The Bertz CT molecular complexity index is 1340. The maximum absolute atomic E-state index is 13.1. The fourth-order valence-corrected chi connectivity index (χ4v) is 5.34. The smallest absolute Gasteiger partial charge is 0.272 e. The van der Waals surface area contributed by atoms with Gasteiger partial charge in [0.1, 0.15) is 10.4 Å². The normalized spacial score (nSPS) is 11.0. The minimum Gasteiger partial charge on any atom is -0.495 e. The van der Waals surface area contributed by atoms with Gasteiger partial charge in [-0.05, 0) is 30.7 Å². The van der Waals surface area contributed by atoms with Crippen LogP contribution in [0.4, 0.5) is 5.69 Å². The SMILES string of the molecule is CCn1c(SCC(=O)Nc2ccc(OC)c(Cl)c2)nc2c(-c3ccccc3)csc2c1=O. The summed E-state index contributed by atoms with van der Waals surface area (Å²) < 4.78 is 7.35. The van der Waals surface area contributed by atoms with Crippen LogP contribution in [0.2, 0.25) is 5.02 Å². The molecule has 0 aliphatic rings. The van der Waals surface area contributed by atoms with Gasteiger partial charge in [-0.15, -0.1) is 11.3 Å². The number of thiophene rings is 1. The van der Waals surface area contributed by atoms with Gasteiger partial charge >= 0.3 is 0 Å². The molecule has 0 atom stereocenters. The molecule has 4 rings (SSSR count). The second-order valence-corrected chi connectivity index (χ2v) is 9.05. The highest BCUT2D eigenvalue weighted by molar-refractivity contribution is 7.99. The van der Waals surface area contributed by atoms with Crippen molar-refractivity contribution in [3.63, 3.8) is 0 Å². The first-order valence-corrected chi connectivity index (χ1v) is 12.1. The van der Waals surface area contributed by atoms with E-state index in [1.807, 2.05) is 42.6 Å². The number of thioether (sulfide) groups is 1. The number of halogens is 1. The molecule has 0 aliphatic carbocycles. The highest BCUT2D eigenvalue weighted by Crippen LogP contribution is 2.32. The summed E-state index contributed by atoms with van der Waals surface area (Å²) in [6.45, 7) is 2.36. The van der Waals surface area contributed by atoms with Gasteiger partial charge in [0.15, 0.2) is 5.16 Å². The van der Waals surface area contributed by atoms with E-state index < -0.39 is 0 Å². The molecule has 2 aromatic heterocycles. The van der Waals surface area contributed by atoms with E-state index in [4.69, 9.17) is 21.3 Å². The zero-order valence-corrected chi connectivity index (χ0v) is 19.8. The zero-order valence-electron chi connectivity index (χ0n) is 17.4. The molecule has 0 radical (unpaired) electrons. The number of carbonyl (C=O) groups is 1. The average molecular weight is 486 g/mol. The number of ether oxygens (including phenoxy) is 1. The van der Waals surface area contributed by atoms with Gasteiger partial charge < -0.3 is 10.1 Å². The molecular formula is C23H20ClN3O3S2. The lowest BCUT2D eigenvalue weighted by Crippen LogP contribution is -2.22. The van der Waals surface area contributed by atoms with Crippen molar-refractivity contribution in [3.05, 3.63) is 69.3 Å². The lowest BCUT2D eigenvalue weighted by molar-refractivity contribution is -0.113. The molecule has 164 valence electrons. The number of aromatic nitrogens is 2. The van der Waals surface area contributed by atoms with Crippen LogP contribution in [0.25, 0.3) is 21.3 Å². The Balaban J connectivity index is 1.59. The Morgan fingerprint density at radius 2 is 2.03 bits per heavy atom. The second kappa shape index (κ2) is 9.77. The molecule has 4 aromatic rings. The van der Waals surface area contributed by atoms with E-state index >= 15 is 0 Å². The number of methoxy groups -OCH3 is 1. The molecule has 1 N–H and O–H groups in total. The van der Waals surface area contributed by atoms with E-state index in [2.05, 4.69) is 5.32 Å². The molecule has 0 saturated carbocycles. The lowest BCUT2D eigenvalue weighted by Gasteiger charge is -2.11. The summed E-state index contributed by atoms with van der Waals surface area (Å²) >= 11 is 8.76. The van der Waals surface area contributed by atoms with Crippen molar-refractivity contribution < 1.29 is 9.53 Å². The minimum absolute atomic E-state index is 0.0884.